The summed E-state index contributed by atoms with van der Waals surface area (Å²) in [5, 5.41) is 2.65. The van der Waals surface area contributed by atoms with Gasteiger partial charge < -0.3 is 15.8 Å². The number of carbonyl (C=O) groups is 1. The lowest BCUT2D eigenvalue weighted by Gasteiger charge is -2.11. The Balaban J connectivity index is 2.67. The average Bonchev–Trinajstić information content (AvgIpc) is 2.37. The summed E-state index contributed by atoms with van der Waals surface area (Å²) in [6.45, 7) is 4.58. The molecule has 1 aromatic carbocycles. The predicted molar refractivity (Wildman–Crippen MR) is 77.9 cm³/mol. The van der Waals surface area contributed by atoms with E-state index in [1.54, 1.807) is 24.5 Å². The van der Waals surface area contributed by atoms with Gasteiger partial charge in [0.05, 0.1) is 12.3 Å². The van der Waals surface area contributed by atoms with Crippen LogP contribution >= 0.6 is 0 Å². The molecule has 0 heterocycles. The van der Waals surface area contributed by atoms with Crippen molar-refractivity contribution in [3.05, 3.63) is 23.8 Å². The zero-order chi connectivity index (χ0) is 14.4. The van der Waals surface area contributed by atoms with Gasteiger partial charge in [0.25, 0.3) is 5.91 Å². The van der Waals surface area contributed by atoms with Crippen LogP contribution in [0.4, 0.5) is 5.69 Å². The van der Waals surface area contributed by atoms with Crippen molar-refractivity contribution in [2.45, 2.75) is 19.1 Å². The van der Waals surface area contributed by atoms with E-state index in [1.165, 1.54) is 0 Å². The van der Waals surface area contributed by atoms with Crippen LogP contribution in [0.2, 0.25) is 0 Å². The molecule has 0 fully saturated rings. The number of nitrogens with one attached hydrogen (secondary N) is 1. The van der Waals surface area contributed by atoms with Crippen molar-refractivity contribution in [2.75, 3.05) is 25.1 Å². The maximum atomic E-state index is 11.9. The first kappa shape index (κ1) is 15.5. The second-order valence-electron chi connectivity index (χ2n) is 4.20. The molecule has 6 heteroatoms. The van der Waals surface area contributed by atoms with Crippen molar-refractivity contribution in [3.8, 4) is 5.75 Å². The monoisotopic (exact) mass is 284 g/mol. The Morgan fingerprint density at radius 2 is 2.21 bits per heavy atom. The lowest BCUT2D eigenvalue weighted by molar-refractivity contribution is 0.0954. The molecule has 0 spiro atoms. The van der Waals surface area contributed by atoms with E-state index in [0.717, 1.165) is 0 Å². The quantitative estimate of drug-likeness (QED) is 0.768. The summed E-state index contributed by atoms with van der Waals surface area (Å²) < 4.78 is 16.5. The maximum Gasteiger partial charge on any atom is 0.251 e. The summed E-state index contributed by atoms with van der Waals surface area (Å²) in [7, 11) is -0.953. The highest BCUT2D eigenvalue weighted by Gasteiger charge is 2.11. The zero-order valence-corrected chi connectivity index (χ0v) is 12.3. The fourth-order valence-electron chi connectivity index (χ4n) is 1.43. The molecule has 0 bridgehead atoms. The number of amides is 1. The highest BCUT2D eigenvalue weighted by Crippen LogP contribution is 2.22. The third kappa shape index (κ3) is 4.55. The molecule has 0 aliphatic carbocycles. The van der Waals surface area contributed by atoms with Crippen LogP contribution in [-0.4, -0.2) is 34.8 Å². The third-order valence-corrected chi connectivity index (χ3v) is 3.99. The molecule has 19 heavy (non-hydrogen) atoms. The van der Waals surface area contributed by atoms with Crippen molar-refractivity contribution < 1.29 is 13.7 Å². The molecule has 2 atom stereocenters. The second kappa shape index (κ2) is 7.13. The molecular formula is C13H20N2O3S. The minimum atomic E-state index is -0.953. The number of rotatable bonds is 6. The number of nitrogens with two attached hydrogens (primary N) is 1. The smallest absolute Gasteiger partial charge is 0.251 e. The SMILES string of the molecule is CCOc1ccc(C(=O)NCC(C)S(C)=O)cc1N. The summed E-state index contributed by atoms with van der Waals surface area (Å²) in [4.78, 5) is 11.9. The zero-order valence-electron chi connectivity index (χ0n) is 11.4. The Hall–Kier alpha value is -1.56. The lowest BCUT2D eigenvalue weighted by atomic mass is 10.1. The first-order valence-electron chi connectivity index (χ1n) is 6.08. The fraction of sp³-hybridized carbons (Fsp3) is 0.462. The van der Waals surface area contributed by atoms with Gasteiger partial charge in [-0.05, 0) is 32.0 Å². The van der Waals surface area contributed by atoms with E-state index in [1.807, 2.05) is 13.8 Å². The largest absolute Gasteiger partial charge is 0.492 e. The summed E-state index contributed by atoms with van der Waals surface area (Å²) in [6.07, 6.45) is 1.62. The molecule has 2 unspecified atom stereocenters. The van der Waals surface area contributed by atoms with E-state index in [2.05, 4.69) is 5.32 Å². The Kier molecular flexibility index (Phi) is 5.82. The molecule has 0 aliphatic rings. The topological polar surface area (TPSA) is 81.4 Å². The van der Waals surface area contributed by atoms with Crippen LogP contribution < -0.4 is 15.8 Å². The third-order valence-electron chi connectivity index (χ3n) is 2.69. The summed E-state index contributed by atoms with van der Waals surface area (Å²) in [6, 6.07) is 4.91. The normalized spacial score (nSPS) is 13.6. The highest BCUT2D eigenvalue weighted by atomic mass is 32.2. The minimum Gasteiger partial charge on any atom is -0.492 e. The Labute approximate surface area is 116 Å². The van der Waals surface area contributed by atoms with Gasteiger partial charge in [0.2, 0.25) is 0 Å². The molecule has 0 aromatic heterocycles. The Morgan fingerprint density at radius 3 is 2.74 bits per heavy atom. The van der Waals surface area contributed by atoms with E-state index in [0.29, 0.717) is 30.2 Å². The van der Waals surface area contributed by atoms with E-state index in [9.17, 15) is 9.00 Å². The van der Waals surface area contributed by atoms with Crippen molar-refractivity contribution in [3.63, 3.8) is 0 Å². The van der Waals surface area contributed by atoms with Crippen LogP contribution in [0.3, 0.4) is 0 Å². The second-order valence-corrected chi connectivity index (χ2v) is 6.01. The highest BCUT2D eigenvalue weighted by molar-refractivity contribution is 7.84. The molecule has 0 saturated carbocycles. The molecule has 0 saturated heterocycles. The predicted octanol–water partition coefficient (Wildman–Crippen LogP) is 1.16. The van der Waals surface area contributed by atoms with E-state index in [-0.39, 0.29) is 11.2 Å². The Bertz CT molecular complexity index is 477. The van der Waals surface area contributed by atoms with Crippen LogP contribution in [0.25, 0.3) is 0 Å². The van der Waals surface area contributed by atoms with E-state index < -0.39 is 10.8 Å². The minimum absolute atomic E-state index is 0.0796. The fourth-order valence-corrected chi connectivity index (χ4v) is 1.75. The van der Waals surface area contributed by atoms with Gasteiger partial charge in [-0.25, -0.2) is 0 Å². The molecule has 1 rings (SSSR count). The number of ether oxygens (including phenoxy) is 1. The van der Waals surface area contributed by atoms with Gasteiger partial charge in [-0.2, -0.15) is 0 Å². The number of hydrogen-bond donors (Lipinski definition) is 2. The van der Waals surface area contributed by atoms with Crippen LogP contribution in [-0.2, 0) is 10.8 Å². The van der Waals surface area contributed by atoms with Crippen LogP contribution in [0.1, 0.15) is 24.2 Å². The number of nitrogen functional groups attached to an aromatic ring is 1. The molecule has 5 nitrogen and oxygen atoms in total. The lowest BCUT2D eigenvalue weighted by Crippen LogP contribution is -2.32. The van der Waals surface area contributed by atoms with Crippen molar-refractivity contribution in [1.82, 2.24) is 5.32 Å². The molecular weight excluding hydrogens is 264 g/mol. The number of benzene rings is 1. The molecule has 1 aromatic rings. The van der Waals surface area contributed by atoms with Gasteiger partial charge in [0.15, 0.2) is 0 Å². The van der Waals surface area contributed by atoms with Crippen molar-refractivity contribution >= 4 is 22.4 Å². The first-order valence-corrected chi connectivity index (χ1v) is 7.70. The summed E-state index contributed by atoms with van der Waals surface area (Å²) >= 11 is 0. The number of carbonyl (C=O) groups excluding carboxylic acids is 1. The van der Waals surface area contributed by atoms with Crippen molar-refractivity contribution in [1.29, 1.82) is 0 Å². The standard InChI is InChI=1S/C13H20N2O3S/c1-4-18-12-6-5-10(7-11(12)14)13(16)15-8-9(2)19(3)17/h5-7,9H,4,8,14H2,1-3H3,(H,15,16). The molecule has 106 valence electrons. The maximum absolute atomic E-state index is 11.9. The average molecular weight is 284 g/mol. The molecule has 3 N–H and O–H groups in total. The van der Waals surface area contributed by atoms with E-state index >= 15 is 0 Å². The molecule has 0 radical (unpaired) electrons. The number of anilines is 1. The van der Waals surface area contributed by atoms with E-state index in [4.69, 9.17) is 10.5 Å². The van der Waals surface area contributed by atoms with Crippen molar-refractivity contribution in [2.24, 2.45) is 0 Å². The van der Waals surface area contributed by atoms with Gasteiger partial charge in [-0.15, -0.1) is 0 Å². The summed E-state index contributed by atoms with van der Waals surface area (Å²) in [5.41, 5.74) is 6.70. The molecule has 1 amide bonds. The van der Waals surface area contributed by atoms with Gasteiger partial charge in [-0.3, -0.25) is 9.00 Å². The van der Waals surface area contributed by atoms with Gasteiger partial charge in [0.1, 0.15) is 5.75 Å². The van der Waals surface area contributed by atoms with Gasteiger partial charge >= 0.3 is 0 Å². The van der Waals surface area contributed by atoms with Crippen LogP contribution in [0.15, 0.2) is 18.2 Å². The molecule has 0 aliphatic heterocycles. The summed E-state index contributed by atoms with van der Waals surface area (Å²) in [5.74, 6) is 0.342. The van der Waals surface area contributed by atoms with Gasteiger partial charge in [0, 0.05) is 34.4 Å². The van der Waals surface area contributed by atoms with Gasteiger partial charge in [-0.1, -0.05) is 0 Å². The Morgan fingerprint density at radius 1 is 1.53 bits per heavy atom. The van der Waals surface area contributed by atoms with Crippen LogP contribution in [0, 0.1) is 0 Å². The number of hydrogen-bond acceptors (Lipinski definition) is 4. The first-order chi connectivity index (χ1) is 8.95. The van der Waals surface area contributed by atoms with Crippen LogP contribution in [0.5, 0.6) is 5.75 Å².